The zero-order valence-corrected chi connectivity index (χ0v) is 22.1. The monoisotopic (exact) mass is 531 g/mol. The maximum absolute atomic E-state index is 14.2. The van der Waals surface area contributed by atoms with Gasteiger partial charge in [0.2, 0.25) is 5.91 Å². The molecule has 2 unspecified atom stereocenters. The number of rotatable bonds is 5. The van der Waals surface area contributed by atoms with Gasteiger partial charge in [-0.05, 0) is 56.7 Å². The molecule has 0 bridgehead atoms. The maximum Gasteiger partial charge on any atom is 0.230 e. The number of carbonyl (C=O) groups is 1. The Morgan fingerprint density at radius 3 is 2.53 bits per heavy atom. The first kappa shape index (κ1) is 28.6. The van der Waals surface area contributed by atoms with Crippen molar-refractivity contribution < 1.29 is 9.18 Å². The van der Waals surface area contributed by atoms with E-state index in [2.05, 4.69) is 21.8 Å². The van der Waals surface area contributed by atoms with Gasteiger partial charge in [0.25, 0.3) is 0 Å². The van der Waals surface area contributed by atoms with Crippen molar-refractivity contribution in [3.8, 4) is 0 Å². The molecule has 1 aliphatic carbocycles. The van der Waals surface area contributed by atoms with Gasteiger partial charge in [-0.1, -0.05) is 24.6 Å². The van der Waals surface area contributed by atoms with Crippen LogP contribution < -0.4 is 10.6 Å². The van der Waals surface area contributed by atoms with Crippen LogP contribution in [0.3, 0.4) is 0 Å². The van der Waals surface area contributed by atoms with Crippen LogP contribution in [0.4, 0.5) is 10.2 Å². The van der Waals surface area contributed by atoms with Gasteiger partial charge in [0.15, 0.2) is 0 Å². The number of piperazine rings is 1. The Kier molecular flexibility index (Phi) is 9.56. The highest BCUT2D eigenvalue weighted by atomic mass is 35.5. The molecule has 1 aromatic carbocycles. The van der Waals surface area contributed by atoms with E-state index in [-0.39, 0.29) is 35.7 Å². The van der Waals surface area contributed by atoms with E-state index in [0.29, 0.717) is 44.1 Å². The van der Waals surface area contributed by atoms with Crippen molar-refractivity contribution in [3.05, 3.63) is 52.2 Å². The SMILES string of the molecule is CC1CCc2ncnc(N3CCN(C(=O)C(CC(C)(C)N)c4ccc(Cl)c(F)c4)CC3)c21.Cl.Cl. The van der Waals surface area contributed by atoms with E-state index in [1.54, 1.807) is 12.4 Å². The van der Waals surface area contributed by atoms with Crippen LogP contribution in [-0.2, 0) is 11.2 Å². The number of hydrogen-bond donors (Lipinski definition) is 1. The van der Waals surface area contributed by atoms with Crippen LogP contribution in [0.5, 0.6) is 0 Å². The molecule has 188 valence electrons. The zero-order valence-electron chi connectivity index (χ0n) is 19.8. The molecule has 34 heavy (non-hydrogen) atoms. The van der Waals surface area contributed by atoms with Gasteiger partial charge in [-0.2, -0.15) is 0 Å². The van der Waals surface area contributed by atoms with Gasteiger partial charge in [0.1, 0.15) is 18.0 Å². The number of aromatic nitrogens is 2. The number of aryl methyl sites for hydroxylation is 1. The molecule has 6 nitrogen and oxygen atoms in total. The van der Waals surface area contributed by atoms with Crippen molar-refractivity contribution in [1.29, 1.82) is 0 Å². The van der Waals surface area contributed by atoms with Crippen LogP contribution in [0.25, 0.3) is 0 Å². The van der Waals surface area contributed by atoms with Crippen molar-refractivity contribution in [2.45, 2.75) is 57.4 Å². The first-order chi connectivity index (χ1) is 15.1. The molecular weight excluding hydrogens is 500 g/mol. The quantitative estimate of drug-likeness (QED) is 0.603. The molecule has 2 heterocycles. The third kappa shape index (κ3) is 6.11. The molecule has 1 aliphatic heterocycles. The van der Waals surface area contributed by atoms with E-state index in [4.69, 9.17) is 17.3 Å². The molecule has 1 amide bonds. The van der Waals surface area contributed by atoms with Gasteiger partial charge >= 0.3 is 0 Å². The highest BCUT2D eigenvalue weighted by molar-refractivity contribution is 6.30. The number of halogens is 4. The van der Waals surface area contributed by atoms with E-state index >= 15 is 0 Å². The normalized spacial score (nSPS) is 18.6. The summed E-state index contributed by atoms with van der Waals surface area (Å²) in [5, 5.41) is 0.0483. The van der Waals surface area contributed by atoms with Crippen LogP contribution in [-0.4, -0.2) is 52.5 Å². The second-order valence-corrected chi connectivity index (χ2v) is 10.1. The molecule has 2 N–H and O–H groups in total. The zero-order chi connectivity index (χ0) is 23.0. The predicted octanol–water partition coefficient (Wildman–Crippen LogP) is 4.72. The van der Waals surface area contributed by atoms with Crippen LogP contribution in [0.2, 0.25) is 5.02 Å². The average Bonchev–Trinajstić information content (AvgIpc) is 3.14. The molecule has 0 saturated carbocycles. The summed E-state index contributed by atoms with van der Waals surface area (Å²) in [5.74, 6) is 0.402. The summed E-state index contributed by atoms with van der Waals surface area (Å²) in [5.41, 5.74) is 8.70. The molecule has 0 spiro atoms. The van der Waals surface area contributed by atoms with Gasteiger partial charge in [0.05, 0.1) is 10.9 Å². The van der Waals surface area contributed by atoms with Crippen molar-refractivity contribution in [2.75, 3.05) is 31.1 Å². The Labute approximate surface area is 218 Å². The smallest absolute Gasteiger partial charge is 0.230 e. The molecule has 10 heteroatoms. The largest absolute Gasteiger partial charge is 0.353 e. The molecule has 0 radical (unpaired) electrons. The Bertz CT molecular complexity index is 1010. The van der Waals surface area contributed by atoms with E-state index < -0.39 is 17.3 Å². The van der Waals surface area contributed by atoms with Crippen LogP contribution in [0, 0.1) is 5.82 Å². The van der Waals surface area contributed by atoms with Crippen molar-refractivity contribution >= 4 is 48.1 Å². The molecule has 2 aromatic rings. The van der Waals surface area contributed by atoms with Crippen molar-refractivity contribution in [2.24, 2.45) is 5.73 Å². The molecule has 4 rings (SSSR count). The van der Waals surface area contributed by atoms with E-state index in [9.17, 15) is 9.18 Å². The number of carbonyl (C=O) groups excluding carboxylic acids is 1. The minimum absolute atomic E-state index is 0. The first-order valence-corrected chi connectivity index (χ1v) is 11.6. The van der Waals surface area contributed by atoms with Crippen LogP contribution in [0.1, 0.15) is 62.3 Å². The highest BCUT2D eigenvalue weighted by Gasteiger charge is 2.34. The summed E-state index contributed by atoms with van der Waals surface area (Å²) in [6.07, 6.45) is 4.18. The summed E-state index contributed by atoms with van der Waals surface area (Å²) >= 11 is 5.86. The van der Waals surface area contributed by atoms with E-state index in [1.165, 1.54) is 17.7 Å². The summed E-state index contributed by atoms with van der Waals surface area (Å²) in [7, 11) is 0. The summed E-state index contributed by atoms with van der Waals surface area (Å²) < 4.78 is 14.2. The minimum Gasteiger partial charge on any atom is -0.353 e. The summed E-state index contributed by atoms with van der Waals surface area (Å²) in [6.45, 7) is 8.57. The molecular formula is C24H33Cl3FN5O. The Hall–Kier alpha value is -1.67. The lowest BCUT2D eigenvalue weighted by Gasteiger charge is -2.38. The fraction of sp³-hybridized carbons (Fsp3) is 0.542. The van der Waals surface area contributed by atoms with E-state index in [1.807, 2.05) is 18.7 Å². The van der Waals surface area contributed by atoms with Crippen LogP contribution >= 0.6 is 36.4 Å². The number of nitrogens with zero attached hydrogens (tertiary/aromatic N) is 4. The number of amides is 1. The molecule has 1 fully saturated rings. The number of hydrogen-bond acceptors (Lipinski definition) is 5. The Morgan fingerprint density at radius 1 is 1.24 bits per heavy atom. The van der Waals surface area contributed by atoms with Gasteiger partial charge in [0, 0.05) is 43.0 Å². The lowest BCUT2D eigenvalue weighted by Crippen LogP contribution is -2.51. The Morgan fingerprint density at radius 2 is 1.91 bits per heavy atom. The number of nitrogens with two attached hydrogens (primary N) is 1. The lowest BCUT2D eigenvalue weighted by molar-refractivity contribution is -0.133. The third-order valence-electron chi connectivity index (χ3n) is 6.52. The Balaban J connectivity index is 0.00000204. The van der Waals surface area contributed by atoms with E-state index in [0.717, 1.165) is 24.4 Å². The van der Waals surface area contributed by atoms with Crippen LogP contribution in [0.15, 0.2) is 24.5 Å². The number of fused-ring (bicyclic) bond motifs is 1. The fourth-order valence-corrected chi connectivity index (χ4v) is 4.95. The second kappa shape index (κ2) is 11.4. The van der Waals surface area contributed by atoms with Crippen molar-refractivity contribution in [3.63, 3.8) is 0 Å². The highest BCUT2D eigenvalue weighted by Crippen LogP contribution is 2.37. The summed E-state index contributed by atoms with van der Waals surface area (Å²) in [4.78, 5) is 26.7. The predicted molar refractivity (Wildman–Crippen MR) is 139 cm³/mol. The second-order valence-electron chi connectivity index (χ2n) is 9.73. The number of benzene rings is 1. The van der Waals surface area contributed by atoms with Gasteiger partial charge in [-0.15, -0.1) is 24.8 Å². The molecule has 2 aliphatic rings. The topological polar surface area (TPSA) is 75.4 Å². The molecule has 1 aromatic heterocycles. The van der Waals surface area contributed by atoms with Gasteiger partial charge < -0.3 is 15.5 Å². The first-order valence-electron chi connectivity index (χ1n) is 11.3. The fourth-order valence-electron chi connectivity index (χ4n) is 4.84. The minimum atomic E-state index is -0.573. The van der Waals surface area contributed by atoms with Crippen molar-refractivity contribution in [1.82, 2.24) is 14.9 Å². The number of anilines is 1. The lowest BCUT2D eigenvalue weighted by atomic mass is 9.85. The average molecular weight is 533 g/mol. The third-order valence-corrected chi connectivity index (χ3v) is 6.82. The van der Waals surface area contributed by atoms with Gasteiger partial charge in [-0.25, -0.2) is 14.4 Å². The summed E-state index contributed by atoms with van der Waals surface area (Å²) in [6, 6.07) is 4.59. The molecule has 2 atom stereocenters. The maximum atomic E-state index is 14.2. The van der Waals surface area contributed by atoms with Gasteiger partial charge in [-0.3, -0.25) is 4.79 Å². The molecule has 1 saturated heterocycles. The standard InChI is InChI=1S/C24H31ClFN5O.2ClH/c1-15-4-7-20-21(15)22(29-14-28-20)30-8-10-31(11-9-30)23(32)17(13-24(2,3)27)16-5-6-18(25)19(26)12-16;;/h5-6,12,14-15,17H,4,7-11,13,27H2,1-3H3;2*1H.